The van der Waals surface area contributed by atoms with Gasteiger partial charge < -0.3 is 9.15 Å². The van der Waals surface area contributed by atoms with Crippen LogP contribution < -0.4 is 0 Å². The number of allylic oxidation sites excluding steroid dienone is 2. The van der Waals surface area contributed by atoms with E-state index < -0.39 is 11.8 Å². The molecule has 2 aliphatic rings. The van der Waals surface area contributed by atoms with Gasteiger partial charge in [0.05, 0.1) is 13.0 Å². The van der Waals surface area contributed by atoms with E-state index >= 15 is 0 Å². The van der Waals surface area contributed by atoms with Crippen LogP contribution in [-0.2, 0) is 14.3 Å². The lowest BCUT2D eigenvalue weighted by atomic mass is 9.68. The van der Waals surface area contributed by atoms with Gasteiger partial charge in [-0.25, -0.2) is 0 Å². The highest BCUT2D eigenvalue weighted by atomic mass is 16.5. The normalized spacial score (nSPS) is 26.0. The van der Waals surface area contributed by atoms with E-state index in [1.807, 2.05) is 26.0 Å². The molecule has 0 aromatic carbocycles. The van der Waals surface area contributed by atoms with Gasteiger partial charge in [0, 0.05) is 23.4 Å². The molecule has 2 atom stereocenters. The number of ketones is 1. The monoisotopic (exact) mass is 329 g/mol. The van der Waals surface area contributed by atoms with Crippen LogP contribution in [0.5, 0.6) is 0 Å². The van der Waals surface area contributed by atoms with Gasteiger partial charge in [-0.3, -0.25) is 14.6 Å². The first-order valence-corrected chi connectivity index (χ1v) is 8.19. The molecule has 0 bridgehead atoms. The summed E-state index contributed by atoms with van der Waals surface area (Å²) >= 11 is 0. The Morgan fingerprint density at radius 2 is 2.00 bits per heavy atom. The molecule has 0 saturated heterocycles. The number of furan rings is 1. The minimum absolute atomic E-state index is 0.0467. The van der Waals surface area contributed by atoms with Gasteiger partial charge in [0.2, 0.25) is 0 Å². The number of Topliss-reactive ketones (excluding diaryl/α,β-unsaturated/α-hetero) is 1. The Morgan fingerprint density at radius 1 is 1.29 bits per heavy atom. The van der Waals surface area contributed by atoms with Crippen molar-refractivity contribution in [1.82, 2.24) is 0 Å². The molecule has 0 unspecified atom stereocenters. The third kappa shape index (κ3) is 2.72. The molecule has 1 aliphatic carbocycles. The fourth-order valence-electron chi connectivity index (χ4n) is 3.81. The summed E-state index contributed by atoms with van der Waals surface area (Å²) in [4.78, 5) is 29.9. The van der Waals surface area contributed by atoms with Gasteiger partial charge in [0.25, 0.3) is 0 Å². The van der Waals surface area contributed by atoms with Gasteiger partial charge in [0.15, 0.2) is 5.78 Å². The van der Waals surface area contributed by atoms with Crippen LogP contribution in [0.25, 0.3) is 0 Å². The molecular formula is C19H23NO4. The van der Waals surface area contributed by atoms with E-state index in [1.54, 1.807) is 0 Å². The smallest absolute Gasteiger partial charge is 0.315 e. The van der Waals surface area contributed by atoms with Gasteiger partial charge in [0.1, 0.15) is 17.4 Å². The first-order chi connectivity index (χ1) is 11.2. The predicted octanol–water partition coefficient (Wildman–Crippen LogP) is 3.58. The number of aryl methyl sites for hydroxylation is 1. The molecule has 0 N–H and O–H groups in total. The van der Waals surface area contributed by atoms with E-state index in [-0.39, 0.29) is 17.2 Å². The zero-order valence-electron chi connectivity index (χ0n) is 14.8. The van der Waals surface area contributed by atoms with E-state index in [0.717, 1.165) is 17.9 Å². The molecule has 24 heavy (non-hydrogen) atoms. The Labute approximate surface area is 141 Å². The molecule has 0 saturated carbocycles. The number of aliphatic imine (C=N–C) groups is 1. The summed E-state index contributed by atoms with van der Waals surface area (Å²) in [5.41, 5.74) is 1.95. The quantitative estimate of drug-likeness (QED) is 0.778. The van der Waals surface area contributed by atoms with Crippen molar-refractivity contribution in [3.8, 4) is 0 Å². The lowest BCUT2D eigenvalue weighted by molar-refractivity contribution is -0.143. The van der Waals surface area contributed by atoms with Gasteiger partial charge in [-0.2, -0.15) is 0 Å². The van der Waals surface area contributed by atoms with Crippen molar-refractivity contribution >= 4 is 17.5 Å². The largest absolute Gasteiger partial charge is 0.468 e. The first-order valence-electron chi connectivity index (χ1n) is 8.19. The van der Waals surface area contributed by atoms with Gasteiger partial charge >= 0.3 is 5.97 Å². The highest BCUT2D eigenvalue weighted by Gasteiger charge is 2.47. The molecule has 0 spiro atoms. The van der Waals surface area contributed by atoms with Crippen molar-refractivity contribution in [2.75, 3.05) is 7.11 Å². The Hall–Kier alpha value is -2.17. The molecular weight excluding hydrogens is 306 g/mol. The standard InChI is InChI=1S/C19H23NO4/c1-10-6-7-14(24-10)17-15(18(22)23-5)11(2)20-12-8-19(3,4)9-13(21)16(12)17/h6-7,15,17H,8-9H2,1-5H3/t15-,17-/m1/s1. The number of hydrogen-bond acceptors (Lipinski definition) is 5. The second-order valence-corrected chi connectivity index (χ2v) is 7.48. The van der Waals surface area contributed by atoms with E-state index in [9.17, 15) is 9.59 Å². The fourth-order valence-corrected chi connectivity index (χ4v) is 3.81. The van der Waals surface area contributed by atoms with Crippen LogP contribution in [0.3, 0.4) is 0 Å². The molecule has 1 aliphatic heterocycles. The average molecular weight is 329 g/mol. The highest BCUT2D eigenvalue weighted by molar-refractivity contribution is 6.08. The van der Waals surface area contributed by atoms with Crippen LogP contribution >= 0.6 is 0 Å². The Morgan fingerprint density at radius 3 is 2.58 bits per heavy atom. The topological polar surface area (TPSA) is 68.9 Å². The first kappa shape index (κ1) is 16.7. The summed E-state index contributed by atoms with van der Waals surface area (Å²) in [5, 5.41) is 0. The van der Waals surface area contributed by atoms with Crippen molar-refractivity contribution in [3.63, 3.8) is 0 Å². The Kier molecular flexibility index (Phi) is 3.98. The van der Waals surface area contributed by atoms with Crippen molar-refractivity contribution in [2.45, 2.75) is 46.5 Å². The van der Waals surface area contributed by atoms with Gasteiger partial charge in [-0.05, 0) is 37.8 Å². The predicted molar refractivity (Wildman–Crippen MR) is 89.8 cm³/mol. The fraction of sp³-hybridized carbons (Fsp3) is 0.526. The minimum atomic E-state index is -0.621. The van der Waals surface area contributed by atoms with E-state index in [1.165, 1.54) is 7.11 Å². The Balaban J connectivity index is 2.18. The third-order valence-electron chi connectivity index (χ3n) is 4.82. The van der Waals surface area contributed by atoms with Crippen molar-refractivity contribution < 1.29 is 18.7 Å². The summed E-state index contributed by atoms with van der Waals surface area (Å²) in [6, 6.07) is 3.69. The average Bonchev–Trinajstić information content (AvgIpc) is 2.90. The number of rotatable bonds is 2. The molecule has 0 radical (unpaired) electrons. The van der Waals surface area contributed by atoms with Crippen LogP contribution in [0, 0.1) is 18.3 Å². The van der Waals surface area contributed by atoms with Crippen LogP contribution in [-0.4, -0.2) is 24.6 Å². The van der Waals surface area contributed by atoms with Crippen molar-refractivity contribution in [2.24, 2.45) is 16.3 Å². The summed E-state index contributed by atoms with van der Waals surface area (Å²) in [6.45, 7) is 7.80. The van der Waals surface area contributed by atoms with E-state index in [4.69, 9.17) is 9.15 Å². The van der Waals surface area contributed by atoms with Crippen molar-refractivity contribution in [3.05, 3.63) is 34.9 Å². The maximum atomic E-state index is 12.9. The number of esters is 1. The third-order valence-corrected chi connectivity index (χ3v) is 4.82. The van der Waals surface area contributed by atoms with Gasteiger partial charge in [-0.15, -0.1) is 0 Å². The zero-order chi connectivity index (χ0) is 17.6. The number of methoxy groups -OCH3 is 1. The molecule has 128 valence electrons. The molecule has 5 heteroatoms. The second-order valence-electron chi connectivity index (χ2n) is 7.48. The molecule has 1 aromatic rings. The summed E-state index contributed by atoms with van der Waals surface area (Å²) in [5.74, 6) is -0.0473. The second kappa shape index (κ2) is 5.72. The lowest BCUT2D eigenvalue weighted by Gasteiger charge is -2.37. The molecule has 0 amide bonds. The maximum absolute atomic E-state index is 12.9. The number of carbonyl (C=O) groups excluding carboxylic acids is 2. The molecule has 3 rings (SSSR count). The van der Waals surface area contributed by atoms with E-state index in [0.29, 0.717) is 23.5 Å². The van der Waals surface area contributed by atoms with E-state index in [2.05, 4.69) is 18.8 Å². The number of ether oxygens (including phenoxy) is 1. The van der Waals surface area contributed by atoms with Crippen LogP contribution in [0.15, 0.2) is 32.8 Å². The number of carbonyl (C=O) groups is 2. The number of nitrogens with zero attached hydrogens (tertiary/aromatic N) is 1. The molecule has 5 nitrogen and oxygen atoms in total. The summed E-state index contributed by atoms with van der Waals surface area (Å²) in [7, 11) is 1.36. The summed E-state index contributed by atoms with van der Waals surface area (Å²) < 4.78 is 10.8. The van der Waals surface area contributed by atoms with Crippen LogP contribution in [0.4, 0.5) is 0 Å². The lowest BCUT2D eigenvalue weighted by Crippen LogP contribution is -2.39. The SMILES string of the molecule is COC(=O)[C@@H]1C(C)=NC2=C(C(=O)CC(C)(C)C2)[C@@H]1c1ccc(C)o1. The Bertz CT molecular complexity index is 766. The molecule has 2 heterocycles. The molecule has 1 aromatic heterocycles. The van der Waals surface area contributed by atoms with Crippen molar-refractivity contribution in [1.29, 1.82) is 0 Å². The minimum Gasteiger partial charge on any atom is -0.468 e. The highest BCUT2D eigenvalue weighted by Crippen LogP contribution is 2.48. The number of hydrogen-bond donors (Lipinski definition) is 0. The summed E-state index contributed by atoms with van der Waals surface area (Å²) in [6.07, 6.45) is 1.17. The zero-order valence-corrected chi connectivity index (χ0v) is 14.8. The van der Waals surface area contributed by atoms with Gasteiger partial charge in [-0.1, -0.05) is 13.8 Å². The molecule has 0 fully saturated rings. The van der Waals surface area contributed by atoms with Crippen LogP contribution in [0.1, 0.15) is 51.1 Å². The maximum Gasteiger partial charge on any atom is 0.315 e. The van der Waals surface area contributed by atoms with Crippen LogP contribution in [0.2, 0.25) is 0 Å².